The number of carbonyl (C=O) groups is 5. The van der Waals surface area contributed by atoms with Crippen LogP contribution in [0.1, 0.15) is 31.1 Å². The smallest absolute Gasteiger partial charge is 0.349 e. The zero-order chi connectivity index (χ0) is 28.5. The van der Waals surface area contributed by atoms with Crippen LogP contribution in [0.3, 0.4) is 0 Å². The fraction of sp³-hybridized carbons (Fsp3) is 0.115. The van der Waals surface area contributed by atoms with E-state index in [-0.39, 0.29) is 16.7 Å². The number of carbonyl (C=O) groups excluding carboxylic acids is 4. The second-order valence-electron chi connectivity index (χ2n) is 7.68. The van der Waals surface area contributed by atoms with Crippen LogP contribution in [0.15, 0.2) is 72.8 Å². The van der Waals surface area contributed by atoms with Crippen molar-refractivity contribution in [1.82, 2.24) is 10.9 Å². The van der Waals surface area contributed by atoms with Crippen LogP contribution in [-0.4, -0.2) is 54.1 Å². The third-order valence-electron chi connectivity index (χ3n) is 5.06. The van der Waals surface area contributed by atoms with E-state index in [0.717, 1.165) is 0 Å². The van der Waals surface area contributed by atoms with Gasteiger partial charge < -0.3 is 19.3 Å². The summed E-state index contributed by atoms with van der Waals surface area (Å²) in [5, 5.41) is 10.4. The van der Waals surface area contributed by atoms with E-state index in [4.69, 9.17) is 37.4 Å². The van der Waals surface area contributed by atoms with Gasteiger partial charge in [0.1, 0.15) is 5.75 Å². The van der Waals surface area contributed by atoms with Gasteiger partial charge in [0.2, 0.25) is 12.2 Å². The molecule has 3 N–H and O–H groups in total. The summed E-state index contributed by atoms with van der Waals surface area (Å²) in [4.78, 5) is 62.8. The highest BCUT2D eigenvalue weighted by Gasteiger charge is 2.41. The minimum Gasteiger partial charge on any atom is -0.497 e. The largest absolute Gasteiger partial charge is 0.497 e. The summed E-state index contributed by atoms with van der Waals surface area (Å²) in [6.45, 7) is 0. The van der Waals surface area contributed by atoms with Crippen molar-refractivity contribution in [2.45, 2.75) is 12.2 Å². The highest BCUT2D eigenvalue weighted by Crippen LogP contribution is 2.17. The van der Waals surface area contributed by atoms with E-state index in [0.29, 0.717) is 15.8 Å². The number of hydrogen-bond donors (Lipinski definition) is 3. The molecule has 11 nitrogen and oxygen atoms in total. The van der Waals surface area contributed by atoms with Gasteiger partial charge in [-0.05, 0) is 72.8 Å². The molecule has 0 aliphatic carbocycles. The average Bonchev–Trinajstić information content (AvgIpc) is 2.93. The summed E-state index contributed by atoms with van der Waals surface area (Å²) < 4.78 is 15.2. The molecule has 0 saturated carbocycles. The molecule has 3 rings (SSSR count). The number of benzene rings is 3. The van der Waals surface area contributed by atoms with Crippen molar-refractivity contribution in [3.8, 4) is 5.75 Å². The molecule has 2 amide bonds. The Morgan fingerprint density at radius 2 is 1.10 bits per heavy atom. The standard InChI is InChI=1S/C26H20Cl2N2O9/c1-37-19-12-6-14(7-13-19)22(31)29-30-23(32)20(38-25(35)15-2-8-17(27)9-3-15)21(24(33)34)39-26(36)16-4-10-18(28)11-5-16/h2-13,20-21H,1H3,(H,29,31)(H,30,32)(H,33,34)/t20-,21-/m0/s1. The summed E-state index contributed by atoms with van der Waals surface area (Å²) in [7, 11) is 1.44. The molecule has 2 atom stereocenters. The molecule has 202 valence electrons. The van der Waals surface area contributed by atoms with Crippen LogP contribution >= 0.6 is 23.2 Å². The summed E-state index contributed by atoms with van der Waals surface area (Å²) >= 11 is 11.6. The molecular formula is C26H20Cl2N2O9. The predicted molar refractivity (Wildman–Crippen MR) is 138 cm³/mol. The van der Waals surface area contributed by atoms with E-state index in [1.54, 1.807) is 0 Å². The monoisotopic (exact) mass is 574 g/mol. The summed E-state index contributed by atoms with van der Waals surface area (Å²) in [6.07, 6.45) is -4.53. The Kier molecular flexibility index (Phi) is 9.85. The lowest BCUT2D eigenvalue weighted by atomic mass is 10.1. The SMILES string of the molecule is COc1ccc(C(=O)NNC(=O)[C@@H](OC(=O)c2ccc(Cl)cc2)[C@H](OC(=O)c2ccc(Cl)cc2)C(=O)O)cc1. The van der Waals surface area contributed by atoms with Gasteiger partial charge in [0.05, 0.1) is 18.2 Å². The Morgan fingerprint density at radius 1 is 0.667 bits per heavy atom. The third-order valence-corrected chi connectivity index (χ3v) is 5.56. The van der Waals surface area contributed by atoms with Gasteiger partial charge in [-0.25, -0.2) is 14.4 Å². The molecule has 0 aliphatic rings. The number of carboxylic acid groups (broad SMARTS) is 1. The highest BCUT2D eigenvalue weighted by atomic mass is 35.5. The van der Waals surface area contributed by atoms with E-state index < -0.39 is 41.9 Å². The van der Waals surface area contributed by atoms with Gasteiger partial charge in [0.15, 0.2) is 0 Å². The van der Waals surface area contributed by atoms with Gasteiger partial charge in [0.25, 0.3) is 11.8 Å². The maximum Gasteiger partial charge on any atom is 0.349 e. The first-order valence-corrected chi connectivity index (χ1v) is 11.7. The molecule has 0 unspecified atom stereocenters. The minimum atomic E-state index is -2.30. The molecule has 3 aromatic carbocycles. The second-order valence-corrected chi connectivity index (χ2v) is 8.55. The van der Waals surface area contributed by atoms with Crippen LogP contribution < -0.4 is 15.6 Å². The van der Waals surface area contributed by atoms with Gasteiger partial charge in [-0.2, -0.15) is 0 Å². The zero-order valence-electron chi connectivity index (χ0n) is 20.1. The molecule has 0 heterocycles. The fourth-order valence-electron chi connectivity index (χ4n) is 3.04. The maximum atomic E-state index is 13.0. The molecular weight excluding hydrogens is 555 g/mol. The molecule has 0 radical (unpaired) electrons. The number of hydrazine groups is 1. The van der Waals surface area contributed by atoms with Crippen LogP contribution in [0.25, 0.3) is 0 Å². The third kappa shape index (κ3) is 7.94. The predicted octanol–water partition coefficient (Wildman–Crippen LogP) is 3.30. The van der Waals surface area contributed by atoms with Gasteiger partial charge in [-0.3, -0.25) is 20.4 Å². The van der Waals surface area contributed by atoms with Crippen molar-refractivity contribution in [2.24, 2.45) is 0 Å². The summed E-state index contributed by atoms with van der Waals surface area (Å²) in [5.41, 5.74) is 4.04. The van der Waals surface area contributed by atoms with Crippen molar-refractivity contribution in [2.75, 3.05) is 7.11 Å². The van der Waals surface area contributed by atoms with Crippen molar-refractivity contribution in [3.63, 3.8) is 0 Å². The lowest BCUT2D eigenvalue weighted by molar-refractivity contribution is -0.159. The number of aliphatic carboxylic acids is 1. The topological polar surface area (TPSA) is 157 Å². The zero-order valence-corrected chi connectivity index (χ0v) is 21.6. The van der Waals surface area contributed by atoms with Gasteiger partial charge in [-0.1, -0.05) is 23.2 Å². The number of esters is 2. The van der Waals surface area contributed by atoms with E-state index >= 15 is 0 Å². The first-order valence-electron chi connectivity index (χ1n) is 11.0. The van der Waals surface area contributed by atoms with Crippen LogP contribution in [0.2, 0.25) is 10.0 Å². The van der Waals surface area contributed by atoms with E-state index in [1.165, 1.54) is 79.9 Å². The Balaban J connectivity index is 1.83. The number of nitrogens with one attached hydrogen (secondary N) is 2. The first-order chi connectivity index (χ1) is 18.6. The lowest BCUT2D eigenvalue weighted by Crippen LogP contribution is -2.54. The number of carboxylic acids is 1. The van der Waals surface area contributed by atoms with E-state index in [9.17, 15) is 29.1 Å². The minimum absolute atomic E-state index is 0.0763. The van der Waals surface area contributed by atoms with E-state index in [1.807, 2.05) is 5.43 Å². The number of amides is 2. The van der Waals surface area contributed by atoms with Crippen LogP contribution in [0.5, 0.6) is 5.75 Å². The number of hydrogen-bond acceptors (Lipinski definition) is 8. The van der Waals surface area contributed by atoms with Crippen molar-refractivity contribution in [3.05, 3.63) is 99.5 Å². The Labute approximate surface area is 231 Å². The fourth-order valence-corrected chi connectivity index (χ4v) is 3.29. The van der Waals surface area contributed by atoms with Crippen LogP contribution in [-0.2, 0) is 19.1 Å². The number of rotatable bonds is 9. The quantitative estimate of drug-likeness (QED) is 0.257. The van der Waals surface area contributed by atoms with E-state index in [2.05, 4.69) is 5.43 Å². The first kappa shape index (κ1) is 29.0. The average molecular weight is 575 g/mol. The van der Waals surface area contributed by atoms with Crippen LogP contribution in [0.4, 0.5) is 0 Å². The molecule has 3 aromatic rings. The molecule has 13 heteroatoms. The highest BCUT2D eigenvalue weighted by molar-refractivity contribution is 6.31. The van der Waals surface area contributed by atoms with Crippen LogP contribution in [0, 0.1) is 0 Å². The molecule has 0 spiro atoms. The van der Waals surface area contributed by atoms with Crippen molar-refractivity contribution < 1.29 is 43.3 Å². The number of halogens is 2. The Hall–Kier alpha value is -4.61. The van der Waals surface area contributed by atoms with Crippen molar-refractivity contribution >= 4 is 52.9 Å². The molecule has 0 saturated heterocycles. The molecule has 0 aliphatic heterocycles. The number of methoxy groups -OCH3 is 1. The Bertz CT molecular complexity index is 1360. The molecule has 0 bridgehead atoms. The second kappa shape index (κ2) is 13.3. The summed E-state index contributed by atoms with van der Waals surface area (Å²) in [5.74, 6) is -5.66. The normalized spacial score (nSPS) is 11.9. The van der Waals surface area contributed by atoms with Gasteiger partial charge in [-0.15, -0.1) is 0 Å². The van der Waals surface area contributed by atoms with Gasteiger partial charge in [0, 0.05) is 15.6 Å². The van der Waals surface area contributed by atoms with Gasteiger partial charge >= 0.3 is 17.9 Å². The summed E-state index contributed by atoms with van der Waals surface area (Å²) in [6, 6.07) is 16.4. The number of ether oxygens (including phenoxy) is 3. The molecule has 0 aromatic heterocycles. The molecule has 0 fully saturated rings. The van der Waals surface area contributed by atoms with Crippen molar-refractivity contribution in [1.29, 1.82) is 0 Å². The Morgan fingerprint density at radius 3 is 1.54 bits per heavy atom. The maximum absolute atomic E-state index is 13.0. The molecule has 39 heavy (non-hydrogen) atoms. The lowest BCUT2D eigenvalue weighted by Gasteiger charge is -2.23.